The number of nitrogens with zero attached hydrogens (tertiary/aromatic N) is 2. The van der Waals surface area contributed by atoms with E-state index >= 15 is 0 Å². The van der Waals surface area contributed by atoms with Gasteiger partial charge in [0.25, 0.3) is 5.28 Å². The Bertz CT molecular complexity index is 284. The van der Waals surface area contributed by atoms with Gasteiger partial charge in [0.1, 0.15) is 0 Å². The zero-order chi connectivity index (χ0) is 9.80. The molecule has 1 aliphatic rings. The second-order valence-corrected chi connectivity index (χ2v) is 3.82. The van der Waals surface area contributed by atoms with Gasteiger partial charge in [-0.15, -0.1) is 0 Å². The number of rotatable bonds is 3. The number of halogens is 1. The first-order valence-electron chi connectivity index (χ1n) is 4.94. The average Bonchev–Trinajstić information content (AvgIpc) is 2.63. The molecule has 78 valence electrons. The van der Waals surface area contributed by atoms with Crippen LogP contribution in [0.25, 0.3) is 0 Å². The highest BCUT2D eigenvalue weighted by Gasteiger charge is 2.15. The van der Waals surface area contributed by atoms with E-state index in [2.05, 4.69) is 10.1 Å². The van der Waals surface area contributed by atoms with Crippen LogP contribution >= 0.6 is 11.6 Å². The number of hydrogen-bond acceptors (Lipinski definition) is 4. The summed E-state index contributed by atoms with van der Waals surface area (Å²) in [5, 5.41) is 3.70. The fraction of sp³-hybridized carbons (Fsp3) is 0.778. The van der Waals surface area contributed by atoms with E-state index in [4.69, 9.17) is 20.9 Å². The van der Waals surface area contributed by atoms with Crippen molar-refractivity contribution in [2.75, 3.05) is 6.61 Å². The Morgan fingerprint density at radius 1 is 1.43 bits per heavy atom. The van der Waals surface area contributed by atoms with Gasteiger partial charge >= 0.3 is 0 Å². The van der Waals surface area contributed by atoms with E-state index in [1.165, 1.54) is 12.8 Å². The predicted octanol–water partition coefficient (Wildman–Crippen LogP) is 2.22. The Kier molecular flexibility index (Phi) is 3.37. The summed E-state index contributed by atoms with van der Waals surface area (Å²) in [5.74, 6) is 0.601. The molecular weight excluding hydrogens is 204 g/mol. The second-order valence-electron chi connectivity index (χ2n) is 3.48. The molecule has 0 aliphatic carbocycles. The summed E-state index contributed by atoms with van der Waals surface area (Å²) in [6.07, 6.45) is 5.64. The molecule has 0 bridgehead atoms. The Balaban J connectivity index is 1.76. The van der Waals surface area contributed by atoms with Crippen molar-refractivity contribution in [3.05, 3.63) is 11.2 Å². The smallest absolute Gasteiger partial charge is 0.263 e. The van der Waals surface area contributed by atoms with Crippen molar-refractivity contribution in [3.63, 3.8) is 0 Å². The molecule has 14 heavy (non-hydrogen) atoms. The quantitative estimate of drug-likeness (QED) is 0.778. The number of aryl methyl sites for hydroxylation is 1. The molecule has 2 rings (SSSR count). The largest absolute Gasteiger partial charge is 0.378 e. The molecule has 0 amide bonds. The van der Waals surface area contributed by atoms with E-state index in [0.717, 1.165) is 25.9 Å². The molecule has 2 heterocycles. The molecule has 1 saturated heterocycles. The summed E-state index contributed by atoms with van der Waals surface area (Å²) in [6.45, 7) is 0.884. The minimum absolute atomic E-state index is 0.185. The molecule has 0 saturated carbocycles. The molecule has 1 aromatic rings. The minimum Gasteiger partial charge on any atom is -0.378 e. The van der Waals surface area contributed by atoms with Gasteiger partial charge < -0.3 is 9.26 Å². The van der Waals surface area contributed by atoms with E-state index in [1.807, 2.05) is 0 Å². The van der Waals surface area contributed by atoms with Crippen molar-refractivity contribution in [2.45, 2.75) is 38.2 Å². The fourth-order valence-corrected chi connectivity index (χ4v) is 1.78. The molecule has 0 N–H and O–H groups in total. The van der Waals surface area contributed by atoms with Crippen molar-refractivity contribution in [3.8, 4) is 0 Å². The average molecular weight is 217 g/mol. The zero-order valence-electron chi connectivity index (χ0n) is 7.91. The van der Waals surface area contributed by atoms with Crippen LogP contribution in [-0.2, 0) is 11.2 Å². The number of aromatic nitrogens is 2. The van der Waals surface area contributed by atoms with Gasteiger partial charge in [-0.25, -0.2) is 0 Å². The number of ether oxygens (including phenoxy) is 1. The van der Waals surface area contributed by atoms with E-state index < -0.39 is 0 Å². The molecule has 1 aromatic heterocycles. The fourth-order valence-electron chi connectivity index (χ4n) is 1.66. The van der Waals surface area contributed by atoms with E-state index in [9.17, 15) is 0 Å². The standard InChI is InChI=1S/C9H13ClN2O2/c10-9-11-8(14-12-9)5-4-7-3-1-2-6-13-7/h7H,1-6H2. The predicted molar refractivity (Wildman–Crippen MR) is 51.2 cm³/mol. The van der Waals surface area contributed by atoms with Gasteiger partial charge in [-0.2, -0.15) is 4.98 Å². The minimum atomic E-state index is 0.185. The van der Waals surface area contributed by atoms with Crippen molar-refractivity contribution in [2.24, 2.45) is 0 Å². The molecule has 1 fully saturated rings. The summed E-state index contributed by atoms with van der Waals surface area (Å²) in [7, 11) is 0. The highest BCUT2D eigenvalue weighted by atomic mass is 35.5. The molecule has 1 unspecified atom stereocenters. The van der Waals surface area contributed by atoms with Crippen LogP contribution in [0.4, 0.5) is 0 Å². The molecule has 1 aliphatic heterocycles. The molecule has 0 radical (unpaired) electrons. The van der Waals surface area contributed by atoms with Crippen molar-refractivity contribution in [1.82, 2.24) is 10.1 Å². The van der Waals surface area contributed by atoms with E-state index in [-0.39, 0.29) is 5.28 Å². The van der Waals surface area contributed by atoms with Crippen LogP contribution in [0.5, 0.6) is 0 Å². The molecule has 0 spiro atoms. The van der Waals surface area contributed by atoms with Crippen LogP contribution < -0.4 is 0 Å². The Hall–Kier alpha value is -0.610. The van der Waals surface area contributed by atoms with Crippen LogP contribution in [-0.4, -0.2) is 22.9 Å². The second kappa shape index (κ2) is 4.75. The third-order valence-electron chi connectivity index (χ3n) is 2.40. The molecular formula is C9H13ClN2O2. The van der Waals surface area contributed by atoms with Gasteiger partial charge in [0, 0.05) is 13.0 Å². The molecule has 4 nitrogen and oxygen atoms in total. The molecule has 1 atom stereocenters. The Morgan fingerprint density at radius 2 is 2.36 bits per heavy atom. The lowest BCUT2D eigenvalue weighted by atomic mass is 10.0. The van der Waals surface area contributed by atoms with Gasteiger partial charge in [0.15, 0.2) is 0 Å². The van der Waals surface area contributed by atoms with Crippen molar-refractivity contribution in [1.29, 1.82) is 0 Å². The zero-order valence-corrected chi connectivity index (χ0v) is 8.66. The van der Waals surface area contributed by atoms with Crippen LogP contribution in [0.3, 0.4) is 0 Å². The lowest BCUT2D eigenvalue weighted by Crippen LogP contribution is -2.19. The van der Waals surface area contributed by atoms with Crippen LogP contribution in [0.2, 0.25) is 5.28 Å². The third kappa shape index (κ3) is 2.69. The lowest BCUT2D eigenvalue weighted by molar-refractivity contribution is 0.0104. The highest BCUT2D eigenvalue weighted by molar-refractivity contribution is 6.28. The lowest BCUT2D eigenvalue weighted by Gasteiger charge is -2.21. The van der Waals surface area contributed by atoms with Gasteiger partial charge in [-0.3, -0.25) is 0 Å². The molecule has 5 heteroatoms. The summed E-state index contributed by atoms with van der Waals surface area (Å²) < 4.78 is 10.5. The summed E-state index contributed by atoms with van der Waals surface area (Å²) >= 11 is 5.53. The van der Waals surface area contributed by atoms with Gasteiger partial charge in [0.05, 0.1) is 6.10 Å². The van der Waals surface area contributed by atoms with Crippen LogP contribution in [0.1, 0.15) is 31.6 Å². The maximum Gasteiger partial charge on any atom is 0.263 e. The first-order valence-corrected chi connectivity index (χ1v) is 5.32. The normalized spacial score (nSPS) is 22.5. The maximum absolute atomic E-state index is 5.58. The Labute approximate surface area is 87.6 Å². The highest BCUT2D eigenvalue weighted by Crippen LogP contribution is 2.17. The first-order chi connectivity index (χ1) is 6.84. The summed E-state index contributed by atoms with van der Waals surface area (Å²) in [6, 6.07) is 0. The van der Waals surface area contributed by atoms with Crippen LogP contribution in [0, 0.1) is 0 Å². The SMILES string of the molecule is Clc1noc(CCC2CCCCO2)n1. The number of hydrogen-bond donors (Lipinski definition) is 0. The van der Waals surface area contributed by atoms with Crippen molar-refractivity contribution < 1.29 is 9.26 Å². The van der Waals surface area contributed by atoms with E-state index in [1.54, 1.807) is 0 Å². The van der Waals surface area contributed by atoms with Gasteiger partial charge in [-0.1, -0.05) is 0 Å². The monoisotopic (exact) mass is 216 g/mol. The third-order valence-corrected chi connectivity index (χ3v) is 2.55. The molecule has 0 aromatic carbocycles. The van der Waals surface area contributed by atoms with Crippen molar-refractivity contribution >= 4 is 11.6 Å². The Morgan fingerprint density at radius 3 is 3.00 bits per heavy atom. The topological polar surface area (TPSA) is 48.2 Å². The van der Waals surface area contributed by atoms with Crippen LogP contribution in [0.15, 0.2) is 4.52 Å². The summed E-state index contributed by atoms with van der Waals surface area (Å²) in [4.78, 5) is 3.93. The maximum atomic E-state index is 5.58. The van der Waals surface area contributed by atoms with E-state index in [0.29, 0.717) is 12.0 Å². The van der Waals surface area contributed by atoms with Gasteiger partial charge in [0.2, 0.25) is 5.89 Å². The first kappa shape index (κ1) is 9.93. The van der Waals surface area contributed by atoms with Gasteiger partial charge in [-0.05, 0) is 42.4 Å². The summed E-state index contributed by atoms with van der Waals surface area (Å²) in [5.41, 5.74) is 0.